The van der Waals surface area contributed by atoms with E-state index >= 15 is 0 Å². The van der Waals surface area contributed by atoms with Gasteiger partial charge < -0.3 is 11.1 Å². The number of carbonyl (C=O) groups excluding carboxylic acids is 1. The first kappa shape index (κ1) is 22.4. The number of halogens is 2. The van der Waals surface area contributed by atoms with Crippen molar-refractivity contribution in [3.05, 3.63) is 65.5 Å². The molecule has 1 aromatic carbocycles. The molecule has 5 nitrogen and oxygen atoms in total. The van der Waals surface area contributed by atoms with Gasteiger partial charge in [0.1, 0.15) is 6.04 Å². The Kier molecular flexibility index (Phi) is 9.59. The van der Waals surface area contributed by atoms with Crippen molar-refractivity contribution >= 4 is 30.7 Å². The summed E-state index contributed by atoms with van der Waals surface area (Å²) < 4.78 is 0. The van der Waals surface area contributed by atoms with Crippen LogP contribution in [0.15, 0.2) is 48.8 Å². The fourth-order valence-corrected chi connectivity index (χ4v) is 3.14. The molecule has 142 valence electrons. The number of aromatic nitrogens is 1. The molecule has 3 N–H and O–H groups in total. The fraction of sp³-hybridized carbons (Fsp3) is 0.368. The second-order valence-corrected chi connectivity index (χ2v) is 6.17. The molecular weight excluding hydrogens is 371 g/mol. The molecule has 2 aromatic rings. The third kappa shape index (κ3) is 5.68. The molecule has 2 heterocycles. The monoisotopic (exact) mass is 396 g/mol. The highest BCUT2D eigenvalue weighted by molar-refractivity contribution is 5.85. The van der Waals surface area contributed by atoms with E-state index in [-0.39, 0.29) is 36.8 Å². The minimum Gasteiger partial charge on any atom is -0.350 e. The molecule has 1 unspecified atom stereocenters. The number of hydrogen-bond acceptors (Lipinski definition) is 4. The summed E-state index contributed by atoms with van der Waals surface area (Å²) >= 11 is 0. The topological polar surface area (TPSA) is 71.2 Å². The number of carbonyl (C=O) groups is 1. The minimum absolute atomic E-state index is 0. The Morgan fingerprint density at radius 3 is 2.35 bits per heavy atom. The smallest absolute Gasteiger partial charge is 0.242 e. The van der Waals surface area contributed by atoms with Crippen LogP contribution in [0.2, 0.25) is 0 Å². The predicted octanol–water partition coefficient (Wildman–Crippen LogP) is 2.84. The molecule has 1 aliphatic rings. The normalized spacial score (nSPS) is 14.8. The molecule has 1 atom stereocenters. The zero-order valence-corrected chi connectivity index (χ0v) is 16.3. The van der Waals surface area contributed by atoms with Crippen LogP contribution < -0.4 is 11.1 Å². The number of benzene rings is 1. The van der Waals surface area contributed by atoms with Gasteiger partial charge in [0.2, 0.25) is 5.91 Å². The molecule has 26 heavy (non-hydrogen) atoms. The Morgan fingerprint density at radius 1 is 1.12 bits per heavy atom. The largest absolute Gasteiger partial charge is 0.350 e. The lowest BCUT2D eigenvalue weighted by atomic mass is 10.1. The van der Waals surface area contributed by atoms with Crippen LogP contribution in [0.1, 0.15) is 35.6 Å². The van der Waals surface area contributed by atoms with Crippen molar-refractivity contribution in [2.24, 2.45) is 5.73 Å². The highest BCUT2D eigenvalue weighted by Gasteiger charge is 2.29. The maximum absolute atomic E-state index is 12.8. The van der Waals surface area contributed by atoms with Gasteiger partial charge in [0.05, 0.1) is 0 Å². The quantitative estimate of drug-likeness (QED) is 0.787. The molecule has 0 saturated carbocycles. The molecule has 1 fully saturated rings. The van der Waals surface area contributed by atoms with Crippen LogP contribution in [-0.4, -0.2) is 28.9 Å². The van der Waals surface area contributed by atoms with Crippen molar-refractivity contribution in [3.63, 3.8) is 0 Å². The Hall–Kier alpha value is -1.66. The van der Waals surface area contributed by atoms with Crippen molar-refractivity contribution < 1.29 is 4.79 Å². The summed E-state index contributed by atoms with van der Waals surface area (Å²) in [6.45, 7) is 2.97. The first-order valence-corrected chi connectivity index (χ1v) is 8.47. The standard InChI is InChI=1S/C19H24N4O.2ClH/c20-12-15-5-7-16(8-6-15)13-22-19(24)18(23-10-1-2-11-23)17-4-3-9-21-14-17;;/h3-9,14,18H,1-2,10-13,20H2,(H,22,24);2*1H. The molecule has 0 spiro atoms. The predicted molar refractivity (Wildman–Crippen MR) is 108 cm³/mol. The van der Waals surface area contributed by atoms with Gasteiger partial charge in [-0.25, -0.2) is 0 Å². The Balaban J connectivity index is 0.00000169. The molecule has 0 bridgehead atoms. The van der Waals surface area contributed by atoms with E-state index in [4.69, 9.17) is 5.73 Å². The summed E-state index contributed by atoms with van der Waals surface area (Å²) in [6.07, 6.45) is 5.81. The third-order valence-electron chi connectivity index (χ3n) is 4.48. The number of rotatable bonds is 6. The van der Waals surface area contributed by atoms with E-state index in [0.717, 1.165) is 42.6 Å². The summed E-state index contributed by atoms with van der Waals surface area (Å²) in [6, 6.07) is 11.6. The Bertz CT molecular complexity index is 661. The zero-order valence-electron chi connectivity index (χ0n) is 14.6. The molecule has 1 saturated heterocycles. The minimum atomic E-state index is -0.260. The SMILES string of the molecule is Cl.Cl.NCc1ccc(CNC(=O)C(c2cccnc2)N2CCCC2)cc1. The van der Waals surface area contributed by atoms with Gasteiger partial charge in [-0.05, 0) is 48.7 Å². The lowest BCUT2D eigenvalue weighted by Gasteiger charge is -2.26. The van der Waals surface area contributed by atoms with Crippen molar-refractivity contribution in [3.8, 4) is 0 Å². The number of likely N-dealkylation sites (tertiary alicyclic amines) is 1. The molecule has 1 aliphatic heterocycles. The second kappa shape index (κ2) is 11.1. The van der Waals surface area contributed by atoms with Gasteiger partial charge in [-0.3, -0.25) is 14.7 Å². The zero-order chi connectivity index (χ0) is 16.8. The van der Waals surface area contributed by atoms with Crippen LogP contribution in [0, 0.1) is 0 Å². The Morgan fingerprint density at radius 2 is 1.77 bits per heavy atom. The fourth-order valence-electron chi connectivity index (χ4n) is 3.14. The molecular formula is C19H26Cl2N4O. The highest BCUT2D eigenvalue weighted by atomic mass is 35.5. The average molecular weight is 397 g/mol. The number of pyridine rings is 1. The van der Waals surface area contributed by atoms with Gasteiger partial charge in [0.15, 0.2) is 0 Å². The van der Waals surface area contributed by atoms with Gasteiger partial charge in [-0.2, -0.15) is 0 Å². The number of nitrogens with one attached hydrogen (secondary N) is 1. The van der Waals surface area contributed by atoms with Crippen molar-refractivity contribution in [2.75, 3.05) is 13.1 Å². The van der Waals surface area contributed by atoms with E-state index in [0.29, 0.717) is 13.1 Å². The van der Waals surface area contributed by atoms with E-state index in [2.05, 4.69) is 15.2 Å². The van der Waals surface area contributed by atoms with Crippen LogP contribution in [0.4, 0.5) is 0 Å². The number of nitrogens with two attached hydrogens (primary N) is 1. The molecule has 0 radical (unpaired) electrons. The van der Waals surface area contributed by atoms with E-state index in [9.17, 15) is 4.79 Å². The molecule has 1 aromatic heterocycles. The average Bonchev–Trinajstić information content (AvgIpc) is 3.15. The van der Waals surface area contributed by atoms with Crippen LogP contribution in [0.3, 0.4) is 0 Å². The van der Waals surface area contributed by atoms with E-state index < -0.39 is 0 Å². The first-order chi connectivity index (χ1) is 11.8. The maximum atomic E-state index is 12.8. The highest BCUT2D eigenvalue weighted by Crippen LogP contribution is 2.24. The van der Waals surface area contributed by atoms with Crippen molar-refractivity contribution in [2.45, 2.75) is 32.0 Å². The van der Waals surface area contributed by atoms with Crippen molar-refractivity contribution in [1.29, 1.82) is 0 Å². The van der Waals surface area contributed by atoms with E-state index in [1.165, 1.54) is 0 Å². The van der Waals surface area contributed by atoms with Crippen LogP contribution in [-0.2, 0) is 17.9 Å². The summed E-state index contributed by atoms with van der Waals surface area (Å²) in [7, 11) is 0. The van der Waals surface area contributed by atoms with Gasteiger partial charge in [-0.15, -0.1) is 24.8 Å². The maximum Gasteiger partial charge on any atom is 0.242 e. The second-order valence-electron chi connectivity index (χ2n) is 6.17. The first-order valence-electron chi connectivity index (χ1n) is 8.47. The van der Waals surface area contributed by atoms with Crippen LogP contribution >= 0.6 is 24.8 Å². The van der Waals surface area contributed by atoms with Gasteiger partial charge >= 0.3 is 0 Å². The number of amides is 1. The molecule has 3 rings (SSSR count). The van der Waals surface area contributed by atoms with Crippen LogP contribution in [0.25, 0.3) is 0 Å². The summed E-state index contributed by atoms with van der Waals surface area (Å²) in [5.74, 6) is 0.0350. The van der Waals surface area contributed by atoms with Crippen LogP contribution in [0.5, 0.6) is 0 Å². The molecule has 7 heteroatoms. The Labute approximate surface area is 167 Å². The van der Waals surface area contributed by atoms with Gasteiger partial charge in [0.25, 0.3) is 0 Å². The van der Waals surface area contributed by atoms with E-state index in [1.807, 2.05) is 36.4 Å². The third-order valence-corrected chi connectivity index (χ3v) is 4.48. The summed E-state index contributed by atoms with van der Waals surface area (Å²) in [5, 5.41) is 3.07. The van der Waals surface area contributed by atoms with E-state index in [1.54, 1.807) is 12.4 Å². The lowest BCUT2D eigenvalue weighted by molar-refractivity contribution is -0.126. The van der Waals surface area contributed by atoms with Crippen molar-refractivity contribution in [1.82, 2.24) is 15.2 Å². The number of nitrogens with zero attached hydrogens (tertiary/aromatic N) is 2. The lowest BCUT2D eigenvalue weighted by Crippen LogP contribution is -2.39. The summed E-state index contributed by atoms with van der Waals surface area (Å²) in [5.41, 5.74) is 8.74. The molecule has 1 amide bonds. The summed E-state index contributed by atoms with van der Waals surface area (Å²) in [4.78, 5) is 19.2. The van der Waals surface area contributed by atoms with Gasteiger partial charge in [-0.1, -0.05) is 30.3 Å². The number of hydrogen-bond donors (Lipinski definition) is 2. The molecule has 0 aliphatic carbocycles. The van der Waals surface area contributed by atoms with Gasteiger partial charge in [0, 0.05) is 25.5 Å².